The molecule has 0 unspecified atom stereocenters. The van der Waals surface area contributed by atoms with Gasteiger partial charge in [-0.2, -0.15) is 0 Å². The Kier molecular flexibility index (Phi) is 4.63. The molecule has 0 aliphatic carbocycles. The van der Waals surface area contributed by atoms with Crippen LogP contribution in [0.15, 0.2) is 24.3 Å². The van der Waals surface area contributed by atoms with Gasteiger partial charge in [-0.25, -0.2) is 4.79 Å². The fraction of sp³-hybridized carbons (Fsp3) is 0.200. The highest BCUT2D eigenvalue weighted by Crippen LogP contribution is 2.08. The third-order valence-corrected chi connectivity index (χ3v) is 1.96. The Balaban J connectivity index is 2.33. The van der Waals surface area contributed by atoms with E-state index in [9.17, 15) is 9.59 Å². The van der Waals surface area contributed by atoms with Crippen LogP contribution in [0, 0.1) is 0 Å². The molecule has 0 aliphatic rings. The minimum atomic E-state index is -0.364. The summed E-state index contributed by atoms with van der Waals surface area (Å²) in [6.07, 6.45) is 0.627. The molecule has 80 valence electrons. The van der Waals surface area contributed by atoms with Gasteiger partial charge in [-0.3, -0.25) is 0 Å². The molecule has 4 nitrogen and oxygen atoms in total. The van der Waals surface area contributed by atoms with Gasteiger partial charge in [0, 0.05) is 11.6 Å². The maximum absolute atomic E-state index is 11.0. The highest BCUT2D eigenvalue weighted by Gasteiger charge is 1.98. The smallest absolute Gasteiger partial charge is 0.315 e. The molecule has 0 spiro atoms. The first kappa shape index (κ1) is 11.5. The van der Waals surface area contributed by atoms with Gasteiger partial charge in [0.1, 0.15) is 6.29 Å². The van der Waals surface area contributed by atoms with Crippen molar-refractivity contribution < 1.29 is 9.59 Å². The van der Waals surface area contributed by atoms with Crippen LogP contribution in [-0.4, -0.2) is 18.9 Å². The molecule has 0 radical (unpaired) electrons. The Morgan fingerprint density at radius 2 is 1.93 bits per heavy atom. The second-order valence-corrected chi connectivity index (χ2v) is 3.29. The van der Waals surface area contributed by atoms with E-state index in [2.05, 4.69) is 10.6 Å². The molecule has 15 heavy (non-hydrogen) atoms. The molecule has 0 bridgehead atoms. The number of halogens is 1. The lowest BCUT2D eigenvalue weighted by atomic mass is 10.2. The normalized spacial score (nSPS) is 9.40. The molecule has 0 aliphatic heterocycles. The summed E-state index contributed by atoms with van der Waals surface area (Å²) >= 11 is 5.70. The van der Waals surface area contributed by atoms with E-state index < -0.39 is 0 Å². The van der Waals surface area contributed by atoms with E-state index >= 15 is 0 Å². The van der Waals surface area contributed by atoms with Gasteiger partial charge in [0.25, 0.3) is 0 Å². The van der Waals surface area contributed by atoms with E-state index in [1.807, 2.05) is 12.1 Å². The SMILES string of the molecule is O=CCNC(=O)NCc1ccc(Cl)cc1. The Morgan fingerprint density at radius 3 is 2.53 bits per heavy atom. The molecule has 1 aromatic carbocycles. The first-order valence-electron chi connectivity index (χ1n) is 4.42. The number of hydrogen-bond acceptors (Lipinski definition) is 2. The van der Waals surface area contributed by atoms with Crippen molar-refractivity contribution in [3.05, 3.63) is 34.9 Å². The summed E-state index contributed by atoms with van der Waals surface area (Å²) < 4.78 is 0. The fourth-order valence-electron chi connectivity index (χ4n) is 0.981. The highest BCUT2D eigenvalue weighted by atomic mass is 35.5. The van der Waals surface area contributed by atoms with Gasteiger partial charge < -0.3 is 15.4 Å². The van der Waals surface area contributed by atoms with Crippen LogP contribution in [0.1, 0.15) is 5.56 Å². The number of urea groups is 1. The summed E-state index contributed by atoms with van der Waals surface area (Å²) in [6, 6.07) is 6.78. The van der Waals surface area contributed by atoms with E-state index in [0.29, 0.717) is 17.9 Å². The first-order chi connectivity index (χ1) is 7.22. The second kappa shape index (κ2) is 6.03. The zero-order valence-electron chi connectivity index (χ0n) is 8.00. The number of aldehydes is 1. The largest absolute Gasteiger partial charge is 0.334 e. The van der Waals surface area contributed by atoms with Crippen LogP contribution in [0.5, 0.6) is 0 Å². The molecule has 0 aromatic heterocycles. The Bertz CT molecular complexity index is 338. The zero-order valence-corrected chi connectivity index (χ0v) is 8.75. The van der Waals surface area contributed by atoms with E-state index in [0.717, 1.165) is 5.56 Å². The van der Waals surface area contributed by atoms with E-state index in [4.69, 9.17) is 11.6 Å². The summed E-state index contributed by atoms with van der Waals surface area (Å²) in [5, 5.41) is 5.63. The van der Waals surface area contributed by atoms with Crippen molar-refractivity contribution in [2.24, 2.45) is 0 Å². The van der Waals surface area contributed by atoms with Gasteiger partial charge >= 0.3 is 6.03 Å². The molecule has 0 atom stereocenters. The predicted octanol–water partition coefficient (Wildman–Crippen LogP) is 1.34. The van der Waals surface area contributed by atoms with E-state index in [-0.39, 0.29) is 12.6 Å². The third kappa shape index (κ3) is 4.46. The molecule has 0 saturated carbocycles. The molecule has 0 fully saturated rings. The Hall–Kier alpha value is -1.55. The Labute approximate surface area is 92.6 Å². The number of rotatable bonds is 4. The second-order valence-electron chi connectivity index (χ2n) is 2.86. The summed E-state index contributed by atoms with van der Waals surface area (Å²) in [4.78, 5) is 21.0. The summed E-state index contributed by atoms with van der Waals surface area (Å²) in [5.74, 6) is 0. The minimum absolute atomic E-state index is 0.0203. The number of nitrogens with one attached hydrogen (secondary N) is 2. The van der Waals surface area contributed by atoms with Crippen molar-refractivity contribution in [3.8, 4) is 0 Å². The number of amides is 2. The monoisotopic (exact) mass is 226 g/mol. The van der Waals surface area contributed by atoms with Crippen LogP contribution >= 0.6 is 11.6 Å². The average Bonchev–Trinajstić information content (AvgIpc) is 2.25. The highest BCUT2D eigenvalue weighted by molar-refractivity contribution is 6.30. The van der Waals surface area contributed by atoms with Gasteiger partial charge in [0.05, 0.1) is 6.54 Å². The molecular formula is C10H11ClN2O2. The van der Waals surface area contributed by atoms with Crippen LogP contribution in [0.25, 0.3) is 0 Å². The first-order valence-corrected chi connectivity index (χ1v) is 4.80. The quantitative estimate of drug-likeness (QED) is 0.762. The molecule has 5 heteroatoms. The van der Waals surface area contributed by atoms with Gasteiger partial charge in [0.15, 0.2) is 0 Å². The van der Waals surface area contributed by atoms with Crippen LogP contribution in [0.2, 0.25) is 5.02 Å². The summed E-state index contributed by atoms with van der Waals surface area (Å²) in [6.45, 7) is 0.425. The van der Waals surface area contributed by atoms with Crippen LogP contribution in [0.4, 0.5) is 4.79 Å². The van der Waals surface area contributed by atoms with Crippen molar-refractivity contribution in [2.75, 3.05) is 6.54 Å². The van der Waals surface area contributed by atoms with Crippen molar-refractivity contribution in [3.63, 3.8) is 0 Å². The molecular weight excluding hydrogens is 216 g/mol. The van der Waals surface area contributed by atoms with Crippen molar-refractivity contribution in [1.82, 2.24) is 10.6 Å². The van der Waals surface area contributed by atoms with Crippen LogP contribution in [-0.2, 0) is 11.3 Å². The lowest BCUT2D eigenvalue weighted by Crippen LogP contribution is -2.35. The molecule has 0 heterocycles. The zero-order chi connectivity index (χ0) is 11.1. The minimum Gasteiger partial charge on any atom is -0.334 e. The fourth-order valence-corrected chi connectivity index (χ4v) is 1.11. The van der Waals surface area contributed by atoms with Crippen LogP contribution in [0.3, 0.4) is 0 Å². The third-order valence-electron chi connectivity index (χ3n) is 1.71. The number of benzene rings is 1. The van der Waals surface area contributed by atoms with Gasteiger partial charge in [-0.15, -0.1) is 0 Å². The van der Waals surface area contributed by atoms with Gasteiger partial charge in [-0.1, -0.05) is 23.7 Å². The number of carbonyl (C=O) groups is 2. The van der Waals surface area contributed by atoms with Gasteiger partial charge in [0.2, 0.25) is 0 Å². The summed E-state index contributed by atoms with van der Waals surface area (Å²) in [7, 11) is 0. The molecule has 2 N–H and O–H groups in total. The average molecular weight is 227 g/mol. The van der Waals surface area contributed by atoms with E-state index in [1.54, 1.807) is 12.1 Å². The summed E-state index contributed by atoms with van der Waals surface area (Å²) in [5.41, 5.74) is 0.945. The number of carbonyl (C=O) groups excluding carboxylic acids is 2. The van der Waals surface area contributed by atoms with Gasteiger partial charge in [-0.05, 0) is 17.7 Å². The topological polar surface area (TPSA) is 58.2 Å². The van der Waals surface area contributed by atoms with Crippen LogP contribution < -0.4 is 10.6 Å². The van der Waals surface area contributed by atoms with E-state index in [1.165, 1.54) is 0 Å². The molecule has 2 amide bonds. The molecule has 1 aromatic rings. The standard InChI is InChI=1S/C10H11ClN2O2/c11-9-3-1-8(2-4-9)7-13-10(15)12-5-6-14/h1-4,6H,5,7H2,(H2,12,13,15). The van der Waals surface area contributed by atoms with Crippen molar-refractivity contribution >= 4 is 23.9 Å². The number of hydrogen-bond donors (Lipinski definition) is 2. The Morgan fingerprint density at radius 1 is 1.27 bits per heavy atom. The van der Waals surface area contributed by atoms with Crippen molar-refractivity contribution in [2.45, 2.75) is 6.54 Å². The lowest BCUT2D eigenvalue weighted by Gasteiger charge is -2.05. The lowest BCUT2D eigenvalue weighted by molar-refractivity contribution is -0.107. The van der Waals surface area contributed by atoms with Crippen molar-refractivity contribution in [1.29, 1.82) is 0 Å². The maximum atomic E-state index is 11.0. The predicted molar refractivity (Wildman–Crippen MR) is 57.8 cm³/mol. The molecule has 0 saturated heterocycles. The maximum Gasteiger partial charge on any atom is 0.315 e. The molecule has 1 rings (SSSR count).